The molecule has 0 saturated carbocycles. The summed E-state index contributed by atoms with van der Waals surface area (Å²) in [5.74, 6) is -0.275. The van der Waals surface area contributed by atoms with E-state index in [1.807, 2.05) is 0 Å². The molecule has 136 valence electrons. The summed E-state index contributed by atoms with van der Waals surface area (Å²) in [7, 11) is 1.27. The van der Waals surface area contributed by atoms with Crippen molar-refractivity contribution < 1.29 is 23.9 Å². The summed E-state index contributed by atoms with van der Waals surface area (Å²) in [4.78, 5) is 31.1. The number of oxime groups is 1. The molecular weight excluding hydrogens is 314 g/mol. The van der Waals surface area contributed by atoms with Crippen LogP contribution in [-0.4, -0.2) is 74.6 Å². The lowest BCUT2D eigenvalue weighted by molar-refractivity contribution is -0.133. The molecule has 2 aliphatic rings. The number of ether oxygens (including phenoxy) is 2. The van der Waals surface area contributed by atoms with Gasteiger partial charge in [0.05, 0.1) is 20.3 Å². The van der Waals surface area contributed by atoms with E-state index in [1.165, 1.54) is 7.11 Å². The molecule has 0 radical (unpaired) electrons. The van der Waals surface area contributed by atoms with Gasteiger partial charge in [0.15, 0.2) is 5.71 Å². The lowest BCUT2D eigenvalue weighted by Gasteiger charge is -2.35. The molecular formula is C16H27N3O5. The van der Waals surface area contributed by atoms with E-state index in [9.17, 15) is 9.59 Å². The molecule has 0 aromatic heterocycles. The predicted molar refractivity (Wildman–Crippen MR) is 87.6 cm³/mol. The zero-order valence-corrected chi connectivity index (χ0v) is 14.6. The summed E-state index contributed by atoms with van der Waals surface area (Å²) < 4.78 is 9.98. The highest BCUT2D eigenvalue weighted by atomic mass is 16.7. The molecule has 2 rings (SSSR count). The molecule has 0 unspecified atom stereocenters. The Morgan fingerprint density at radius 2 is 2.08 bits per heavy atom. The minimum absolute atomic E-state index is 0.143. The molecule has 1 amide bonds. The van der Waals surface area contributed by atoms with E-state index in [2.05, 4.69) is 34.0 Å². The summed E-state index contributed by atoms with van der Waals surface area (Å²) in [5.41, 5.74) is 0.143. The third-order valence-electron chi connectivity index (χ3n) is 4.20. The van der Waals surface area contributed by atoms with E-state index < -0.39 is 12.1 Å². The van der Waals surface area contributed by atoms with Crippen LogP contribution >= 0.6 is 0 Å². The average molecular weight is 341 g/mol. The summed E-state index contributed by atoms with van der Waals surface area (Å²) in [6.45, 7) is 8.10. The summed E-state index contributed by atoms with van der Waals surface area (Å²) >= 11 is 0. The Morgan fingerprint density at radius 1 is 1.38 bits per heavy atom. The SMILES string of the molecule is COC(=O)C1=NO[C@@H](C(=O)NC[C@@H](CC(C)C)N2CCOCC2)C1. The Kier molecular flexibility index (Phi) is 6.99. The quantitative estimate of drug-likeness (QED) is 0.664. The predicted octanol–water partition coefficient (Wildman–Crippen LogP) is 0.167. The Balaban J connectivity index is 1.82. The number of amides is 1. The smallest absolute Gasteiger partial charge is 0.355 e. The van der Waals surface area contributed by atoms with Crippen molar-refractivity contribution in [3.63, 3.8) is 0 Å². The van der Waals surface area contributed by atoms with Gasteiger partial charge in [-0.05, 0) is 12.3 Å². The number of carbonyl (C=O) groups is 2. The lowest BCUT2D eigenvalue weighted by atomic mass is 10.0. The first kappa shape index (κ1) is 18.7. The zero-order valence-electron chi connectivity index (χ0n) is 14.6. The molecule has 24 heavy (non-hydrogen) atoms. The van der Waals surface area contributed by atoms with E-state index in [-0.39, 0.29) is 24.1 Å². The first-order valence-electron chi connectivity index (χ1n) is 8.41. The van der Waals surface area contributed by atoms with Gasteiger partial charge in [0.1, 0.15) is 0 Å². The number of esters is 1. The Morgan fingerprint density at radius 3 is 2.71 bits per heavy atom. The summed E-state index contributed by atoms with van der Waals surface area (Å²) in [5, 5.41) is 6.56. The van der Waals surface area contributed by atoms with E-state index in [4.69, 9.17) is 9.57 Å². The molecule has 8 nitrogen and oxygen atoms in total. The van der Waals surface area contributed by atoms with Crippen molar-refractivity contribution in [2.75, 3.05) is 40.0 Å². The molecule has 1 saturated heterocycles. The Labute approximate surface area is 142 Å². The number of hydrogen-bond donors (Lipinski definition) is 1. The van der Waals surface area contributed by atoms with Gasteiger partial charge in [-0.25, -0.2) is 4.79 Å². The Bertz CT molecular complexity index is 474. The average Bonchev–Trinajstić information content (AvgIpc) is 3.08. The van der Waals surface area contributed by atoms with E-state index in [1.54, 1.807) is 0 Å². The lowest BCUT2D eigenvalue weighted by Crippen LogP contribution is -2.50. The van der Waals surface area contributed by atoms with Gasteiger partial charge in [0.2, 0.25) is 6.10 Å². The van der Waals surface area contributed by atoms with Crippen molar-refractivity contribution in [2.24, 2.45) is 11.1 Å². The fourth-order valence-electron chi connectivity index (χ4n) is 2.94. The van der Waals surface area contributed by atoms with Gasteiger partial charge < -0.3 is 19.6 Å². The second-order valence-corrected chi connectivity index (χ2v) is 6.50. The van der Waals surface area contributed by atoms with Crippen molar-refractivity contribution in [3.8, 4) is 0 Å². The van der Waals surface area contributed by atoms with Gasteiger partial charge in [0, 0.05) is 32.1 Å². The van der Waals surface area contributed by atoms with Crippen molar-refractivity contribution >= 4 is 17.6 Å². The second kappa shape index (κ2) is 8.98. The first-order chi connectivity index (χ1) is 11.5. The van der Waals surface area contributed by atoms with Gasteiger partial charge in [-0.3, -0.25) is 9.69 Å². The maximum absolute atomic E-state index is 12.3. The number of morpholine rings is 1. The highest BCUT2D eigenvalue weighted by Gasteiger charge is 2.32. The van der Waals surface area contributed by atoms with Crippen molar-refractivity contribution in [2.45, 2.75) is 38.8 Å². The molecule has 0 aliphatic carbocycles. The maximum Gasteiger partial charge on any atom is 0.355 e. The van der Waals surface area contributed by atoms with Crippen LogP contribution in [0.15, 0.2) is 5.16 Å². The second-order valence-electron chi connectivity index (χ2n) is 6.50. The van der Waals surface area contributed by atoms with Crippen molar-refractivity contribution in [1.82, 2.24) is 10.2 Å². The molecule has 0 aromatic rings. The van der Waals surface area contributed by atoms with Crippen LogP contribution in [0.5, 0.6) is 0 Å². The van der Waals surface area contributed by atoms with E-state index >= 15 is 0 Å². The standard InChI is InChI=1S/C16H27N3O5/c1-11(2)8-12(19-4-6-23-7-5-19)10-17-15(20)14-9-13(18-24-14)16(21)22-3/h11-12,14H,4-10H2,1-3H3,(H,17,20)/t12-,14-/m1/s1. The van der Waals surface area contributed by atoms with Crippen LogP contribution in [0.1, 0.15) is 26.7 Å². The minimum Gasteiger partial charge on any atom is -0.464 e. The fraction of sp³-hybridized carbons (Fsp3) is 0.812. The molecule has 0 bridgehead atoms. The third-order valence-corrected chi connectivity index (χ3v) is 4.20. The van der Waals surface area contributed by atoms with Gasteiger partial charge >= 0.3 is 5.97 Å². The zero-order chi connectivity index (χ0) is 17.5. The highest BCUT2D eigenvalue weighted by molar-refractivity contribution is 6.37. The number of nitrogens with zero attached hydrogens (tertiary/aromatic N) is 2. The molecule has 2 atom stereocenters. The van der Waals surface area contributed by atoms with Gasteiger partial charge in [-0.1, -0.05) is 19.0 Å². The third kappa shape index (κ3) is 5.17. The number of nitrogens with one attached hydrogen (secondary N) is 1. The summed E-state index contributed by atoms with van der Waals surface area (Å²) in [6.07, 6.45) is 0.379. The van der Waals surface area contributed by atoms with Crippen molar-refractivity contribution in [1.29, 1.82) is 0 Å². The molecule has 1 fully saturated rings. The topological polar surface area (TPSA) is 89.5 Å². The monoisotopic (exact) mass is 341 g/mol. The van der Waals surface area contributed by atoms with Crippen LogP contribution in [0.25, 0.3) is 0 Å². The Hall–Kier alpha value is -1.67. The summed E-state index contributed by atoms with van der Waals surface area (Å²) in [6, 6.07) is 0.264. The van der Waals surface area contributed by atoms with Crippen LogP contribution in [0.4, 0.5) is 0 Å². The van der Waals surface area contributed by atoms with Gasteiger partial charge in [-0.15, -0.1) is 0 Å². The number of methoxy groups -OCH3 is 1. The van der Waals surface area contributed by atoms with Crippen molar-refractivity contribution in [3.05, 3.63) is 0 Å². The number of carbonyl (C=O) groups excluding carboxylic acids is 2. The minimum atomic E-state index is -0.761. The fourth-order valence-corrected chi connectivity index (χ4v) is 2.94. The van der Waals surface area contributed by atoms with Crippen LogP contribution in [0.2, 0.25) is 0 Å². The van der Waals surface area contributed by atoms with Crippen LogP contribution in [0, 0.1) is 5.92 Å². The van der Waals surface area contributed by atoms with Crippen LogP contribution < -0.4 is 5.32 Å². The number of hydrogen-bond acceptors (Lipinski definition) is 7. The van der Waals surface area contributed by atoms with E-state index in [0.717, 1.165) is 32.7 Å². The highest BCUT2D eigenvalue weighted by Crippen LogP contribution is 2.15. The molecule has 8 heteroatoms. The molecule has 1 N–H and O–H groups in total. The first-order valence-corrected chi connectivity index (χ1v) is 8.41. The largest absolute Gasteiger partial charge is 0.464 e. The molecule has 2 heterocycles. The molecule has 0 aromatic carbocycles. The van der Waals surface area contributed by atoms with Crippen LogP contribution in [0.3, 0.4) is 0 Å². The van der Waals surface area contributed by atoms with Crippen LogP contribution in [-0.2, 0) is 23.9 Å². The molecule has 0 spiro atoms. The number of rotatable bonds is 7. The normalized spacial score (nSPS) is 22.7. The van der Waals surface area contributed by atoms with Gasteiger partial charge in [-0.2, -0.15) is 0 Å². The maximum atomic E-state index is 12.3. The van der Waals surface area contributed by atoms with Gasteiger partial charge in [0.25, 0.3) is 5.91 Å². The molecule has 2 aliphatic heterocycles. The van der Waals surface area contributed by atoms with E-state index in [0.29, 0.717) is 12.5 Å².